The van der Waals surface area contributed by atoms with Crippen LogP contribution in [0, 0.1) is 18.3 Å². The van der Waals surface area contributed by atoms with Crippen LogP contribution in [0.3, 0.4) is 0 Å². The summed E-state index contributed by atoms with van der Waals surface area (Å²) >= 11 is 0. The molecule has 4 heteroatoms. The molecule has 0 aliphatic rings. The average Bonchev–Trinajstić information content (AvgIpc) is 2.43. The standard InChI is InChI=1S/C15H15N3O/c1-10-3-4-11(9-16)7-14(10)18-12-5-6-13(17)15(8-12)19-2/h3-8,18H,17H2,1-2H3. The number of nitrogens with two attached hydrogens (primary N) is 1. The van der Waals surface area contributed by atoms with Gasteiger partial charge in [-0.1, -0.05) is 6.07 Å². The lowest BCUT2D eigenvalue weighted by molar-refractivity contribution is 0.417. The topological polar surface area (TPSA) is 71.1 Å². The maximum atomic E-state index is 8.92. The summed E-state index contributed by atoms with van der Waals surface area (Å²) in [7, 11) is 1.58. The fourth-order valence-corrected chi connectivity index (χ4v) is 1.77. The molecule has 0 aromatic heterocycles. The van der Waals surface area contributed by atoms with Crippen LogP contribution >= 0.6 is 0 Å². The molecule has 0 saturated carbocycles. The molecular formula is C15H15N3O. The lowest BCUT2D eigenvalue weighted by atomic mass is 10.1. The van der Waals surface area contributed by atoms with E-state index in [4.69, 9.17) is 15.7 Å². The first-order chi connectivity index (χ1) is 9.13. The van der Waals surface area contributed by atoms with Gasteiger partial charge < -0.3 is 15.8 Å². The van der Waals surface area contributed by atoms with Gasteiger partial charge in [0.15, 0.2) is 0 Å². The number of rotatable bonds is 3. The minimum atomic E-state index is 0.593. The Labute approximate surface area is 112 Å². The van der Waals surface area contributed by atoms with Gasteiger partial charge in [-0.3, -0.25) is 0 Å². The Balaban J connectivity index is 2.33. The van der Waals surface area contributed by atoms with Gasteiger partial charge in [0, 0.05) is 17.4 Å². The summed E-state index contributed by atoms with van der Waals surface area (Å²) in [6, 6.07) is 13.1. The van der Waals surface area contributed by atoms with Gasteiger partial charge in [-0.05, 0) is 36.8 Å². The van der Waals surface area contributed by atoms with Crippen LogP contribution in [0.25, 0.3) is 0 Å². The second kappa shape index (κ2) is 5.32. The molecule has 0 unspecified atom stereocenters. The van der Waals surface area contributed by atoms with E-state index in [0.29, 0.717) is 17.0 Å². The zero-order valence-electron chi connectivity index (χ0n) is 10.9. The van der Waals surface area contributed by atoms with Crippen molar-refractivity contribution in [1.29, 1.82) is 5.26 Å². The molecule has 0 saturated heterocycles. The third kappa shape index (κ3) is 2.78. The van der Waals surface area contributed by atoms with Gasteiger partial charge in [0.1, 0.15) is 5.75 Å². The van der Waals surface area contributed by atoms with Crippen molar-refractivity contribution >= 4 is 17.1 Å². The first-order valence-corrected chi connectivity index (χ1v) is 5.85. The van der Waals surface area contributed by atoms with Crippen molar-refractivity contribution in [2.24, 2.45) is 0 Å². The van der Waals surface area contributed by atoms with Crippen LogP contribution in [0.15, 0.2) is 36.4 Å². The van der Waals surface area contributed by atoms with Gasteiger partial charge in [0.05, 0.1) is 24.4 Å². The zero-order valence-corrected chi connectivity index (χ0v) is 10.9. The molecule has 2 aromatic rings. The molecule has 4 nitrogen and oxygen atoms in total. The van der Waals surface area contributed by atoms with Gasteiger partial charge >= 0.3 is 0 Å². The largest absolute Gasteiger partial charge is 0.495 e. The molecule has 2 aromatic carbocycles. The Morgan fingerprint density at radius 3 is 2.68 bits per heavy atom. The molecule has 0 aliphatic carbocycles. The van der Waals surface area contributed by atoms with Crippen LogP contribution in [0.4, 0.5) is 17.1 Å². The van der Waals surface area contributed by atoms with E-state index in [0.717, 1.165) is 16.9 Å². The van der Waals surface area contributed by atoms with Crippen molar-refractivity contribution in [3.63, 3.8) is 0 Å². The predicted octanol–water partition coefficient (Wildman–Crippen LogP) is 3.20. The van der Waals surface area contributed by atoms with Crippen molar-refractivity contribution in [2.45, 2.75) is 6.92 Å². The highest BCUT2D eigenvalue weighted by Crippen LogP contribution is 2.28. The Morgan fingerprint density at radius 2 is 2.00 bits per heavy atom. The van der Waals surface area contributed by atoms with Crippen molar-refractivity contribution < 1.29 is 4.74 Å². The quantitative estimate of drug-likeness (QED) is 0.824. The maximum Gasteiger partial charge on any atom is 0.143 e. The molecule has 3 N–H and O–H groups in total. The zero-order chi connectivity index (χ0) is 13.8. The van der Waals surface area contributed by atoms with Crippen LogP contribution in [0.2, 0.25) is 0 Å². The summed E-state index contributed by atoms with van der Waals surface area (Å²) in [5.41, 5.74) is 9.81. The minimum absolute atomic E-state index is 0.593. The van der Waals surface area contributed by atoms with Gasteiger partial charge in [-0.25, -0.2) is 0 Å². The number of nitrogens with one attached hydrogen (secondary N) is 1. The molecule has 0 aliphatic heterocycles. The number of methoxy groups -OCH3 is 1. The molecular weight excluding hydrogens is 238 g/mol. The second-order valence-corrected chi connectivity index (χ2v) is 4.22. The van der Waals surface area contributed by atoms with Crippen LogP contribution in [-0.2, 0) is 0 Å². The highest BCUT2D eigenvalue weighted by molar-refractivity contribution is 5.69. The fourth-order valence-electron chi connectivity index (χ4n) is 1.77. The summed E-state index contributed by atoms with van der Waals surface area (Å²) in [6.07, 6.45) is 0. The molecule has 0 radical (unpaired) electrons. The highest BCUT2D eigenvalue weighted by Gasteiger charge is 2.04. The first kappa shape index (κ1) is 12.8. The number of anilines is 3. The number of ether oxygens (including phenoxy) is 1. The van der Waals surface area contributed by atoms with Crippen molar-refractivity contribution in [2.75, 3.05) is 18.2 Å². The minimum Gasteiger partial charge on any atom is -0.495 e. The number of nitriles is 1. The number of nitrogens with zero attached hydrogens (tertiary/aromatic N) is 1. The van der Waals surface area contributed by atoms with E-state index < -0.39 is 0 Å². The van der Waals surface area contributed by atoms with Crippen LogP contribution in [0.1, 0.15) is 11.1 Å². The Bertz CT molecular complexity index is 644. The average molecular weight is 253 g/mol. The maximum absolute atomic E-state index is 8.92. The van der Waals surface area contributed by atoms with E-state index in [2.05, 4.69) is 11.4 Å². The van der Waals surface area contributed by atoms with E-state index in [1.165, 1.54) is 0 Å². The third-order valence-corrected chi connectivity index (χ3v) is 2.88. The number of hydrogen-bond acceptors (Lipinski definition) is 4. The van der Waals surface area contributed by atoms with Crippen molar-refractivity contribution in [3.8, 4) is 11.8 Å². The Morgan fingerprint density at radius 1 is 1.21 bits per heavy atom. The SMILES string of the molecule is COc1cc(Nc2cc(C#N)ccc2C)ccc1N. The van der Waals surface area contributed by atoms with E-state index in [1.807, 2.05) is 31.2 Å². The van der Waals surface area contributed by atoms with Gasteiger partial charge in [0.25, 0.3) is 0 Å². The molecule has 0 amide bonds. The molecule has 0 atom stereocenters. The van der Waals surface area contributed by atoms with E-state index in [9.17, 15) is 0 Å². The summed E-state index contributed by atoms with van der Waals surface area (Å²) in [5, 5.41) is 12.2. The van der Waals surface area contributed by atoms with Gasteiger partial charge in [-0.15, -0.1) is 0 Å². The van der Waals surface area contributed by atoms with Crippen molar-refractivity contribution in [3.05, 3.63) is 47.5 Å². The molecule has 96 valence electrons. The summed E-state index contributed by atoms with van der Waals surface area (Å²) in [5.74, 6) is 0.624. The number of aryl methyl sites for hydroxylation is 1. The lowest BCUT2D eigenvalue weighted by Gasteiger charge is -2.12. The van der Waals surface area contributed by atoms with E-state index in [-0.39, 0.29) is 0 Å². The summed E-state index contributed by atoms with van der Waals surface area (Å²) < 4.78 is 5.18. The summed E-state index contributed by atoms with van der Waals surface area (Å²) in [4.78, 5) is 0. The monoisotopic (exact) mass is 253 g/mol. The Hall–Kier alpha value is -2.67. The normalized spacial score (nSPS) is 9.74. The second-order valence-electron chi connectivity index (χ2n) is 4.22. The van der Waals surface area contributed by atoms with Crippen LogP contribution < -0.4 is 15.8 Å². The molecule has 0 spiro atoms. The van der Waals surface area contributed by atoms with Gasteiger partial charge in [0.2, 0.25) is 0 Å². The lowest BCUT2D eigenvalue weighted by Crippen LogP contribution is -1.97. The van der Waals surface area contributed by atoms with E-state index in [1.54, 1.807) is 19.2 Å². The smallest absolute Gasteiger partial charge is 0.143 e. The molecule has 19 heavy (non-hydrogen) atoms. The summed E-state index contributed by atoms with van der Waals surface area (Å²) in [6.45, 7) is 1.98. The predicted molar refractivity (Wildman–Crippen MR) is 76.6 cm³/mol. The molecule has 2 rings (SSSR count). The number of benzene rings is 2. The highest BCUT2D eigenvalue weighted by atomic mass is 16.5. The number of hydrogen-bond donors (Lipinski definition) is 2. The van der Waals surface area contributed by atoms with Gasteiger partial charge in [-0.2, -0.15) is 5.26 Å². The van der Waals surface area contributed by atoms with Crippen LogP contribution in [0.5, 0.6) is 5.75 Å². The first-order valence-electron chi connectivity index (χ1n) is 5.85. The molecule has 0 bridgehead atoms. The number of nitrogen functional groups attached to an aromatic ring is 1. The third-order valence-electron chi connectivity index (χ3n) is 2.88. The molecule has 0 fully saturated rings. The van der Waals surface area contributed by atoms with E-state index >= 15 is 0 Å². The fraction of sp³-hybridized carbons (Fsp3) is 0.133. The molecule has 0 heterocycles. The Kier molecular flexibility index (Phi) is 3.58. The van der Waals surface area contributed by atoms with Crippen LogP contribution in [-0.4, -0.2) is 7.11 Å². The van der Waals surface area contributed by atoms with Crippen molar-refractivity contribution in [1.82, 2.24) is 0 Å².